The first-order valence-electron chi connectivity index (χ1n) is 3.41. The minimum absolute atomic E-state index is 0.0407. The van der Waals surface area contributed by atoms with Crippen molar-refractivity contribution in [2.75, 3.05) is 5.73 Å². The molecule has 0 saturated carbocycles. The minimum atomic E-state index is -0.0407. The van der Waals surface area contributed by atoms with Crippen LogP contribution in [0.3, 0.4) is 0 Å². The maximum absolute atomic E-state index is 8.80. The van der Waals surface area contributed by atoms with Crippen molar-refractivity contribution in [3.63, 3.8) is 0 Å². The zero-order chi connectivity index (χ0) is 8.55. The molecule has 2 aromatic rings. The number of aliphatic hydroxyl groups is 1. The Balaban J connectivity index is 2.67. The molecule has 2 aromatic heterocycles. The van der Waals surface area contributed by atoms with E-state index in [1.165, 1.54) is 11.3 Å². The van der Waals surface area contributed by atoms with E-state index in [-0.39, 0.29) is 6.61 Å². The molecular formula is C7H7N3OS. The average Bonchev–Trinajstić information content (AvgIpc) is 2.46. The molecule has 0 atom stereocenters. The first-order chi connectivity index (χ1) is 5.79. The Morgan fingerprint density at radius 2 is 2.42 bits per heavy atom. The number of nitrogens with two attached hydrogens (primary N) is 1. The third-order valence-corrected chi connectivity index (χ3v) is 2.42. The lowest BCUT2D eigenvalue weighted by atomic mass is 10.4. The Bertz CT molecular complexity index is 412. The van der Waals surface area contributed by atoms with Crippen LogP contribution in [0.15, 0.2) is 12.3 Å². The number of nitrogens with zero attached hydrogens (tertiary/aromatic N) is 2. The highest BCUT2D eigenvalue weighted by atomic mass is 32.1. The van der Waals surface area contributed by atoms with Crippen LogP contribution < -0.4 is 5.73 Å². The van der Waals surface area contributed by atoms with E-state index in [0.29, 0.717) is 16.3 Å². The second-order valence-corrected chi connectivity index (χ2v) is 3.47. The summed E-state index contributed by atoms with van der Waals surface area (Å²) in [6.07, 6.45) is 1.56. The van der Waals surface area contributed by atoms with Crippen molar-refractivity contribution in [1.29, 1.82) is 0 Å². The molecule has 0 fully saturated rings. The molecule has 0 aliphatic carbocycles. The maximum atomic E-state index is 8.80. The summed E-state index contributed by atoms with van der Waals surface area (Å²) in [5.74, 6) is 0. The number of anilines is 1. The van der Waals surface area contributed by atoms with E-state index in [4.69, 9.17) is 10.8 Å². The van der Waals surface area contributed by atoms with Gasteiger partial charge in [-0.1, -0.05) is 0 Å². The van der Waals surface area contributed by atoms with Gasteiger partial charge in [0.05, 0.1) is 23.2 Å². The van der Waals surface area contributed by atoms with Gasteiger partial charge in [0.2, 0.25) is 0 Å². The topological polar surface area (TPSA) is 72.0 Å². The van der Waals surface area contributed by atoms with Crippen LogP contribution in [-0.2, 0) is 6.61 Å². The number of aromatic nitrogens is 2. The molecule has 0 aliphatic rings. The SMILES string of the molecule is Nc1cnc2nc(CO)sc2c1. The van der Waals surface area contributed by atoms with Crippen LogP contribution in [0.1, 0.15) is 5.01 Å². The van der Waals surface area contributed by atoms with Gasteiger partial charge in [-0.05, 0) is 6.07 Å². The van der Waals surface area contributed by atoms with Gasteiger partial charge in [0, 0.05) is 0 Å². The summed E-state index contributed by atoms with van der Waals surface area (Å²) in [6, 6.07) is 1.80. The highest BCUT2D eigenvalue weighted by Gasteiger charge is 2.02. The van der Waals surface area contributed by atoms with Crippen molar-refractivity contribution in [3.8, 4) is 0 Å². The zero-order valence-corrected chi connectivity index (χ0v) is 7.01. The van der Waals surface area contributed by atoms with Crippen molar-refractivity contribution >= 4 is 27.4 Å². The predicted molar refractivity (Wildman–Crippen MR) is 47.8 cm³/mol. The molecule has 0 unspecified atom stereocenters. The van der Waals surface area contributed by atoms with Crippen molar-refractivity contribution in [2.24, 2.45) is 0 Å². The summed E-state index contributed by atoms with van der Waals surface area (Å²) in [5, 5.41) is 9.47. The second-order valence-electron chi connectivity index (χ2n) is 2.36. The quantitative estimate of drug-likeness (QED) is 0.681. The van der Waals surface area contributed by atoms with Crippen LogP contribution in [-0.4, -0.2) is 15.1 Å². The standard InChI is InChI=1S/C7H7N3OS/c8-4-1-5-7(9-2-4)10-6(3-11)12-5/h1-2,11H,3,8H2. The molecule has 12 heavy (non-hydrogen) atoms. The van der Waals surface area contributed by atoms with Crippen LogP contribution in [0, 0.1) is 0 Å². The Kier molecular flexibility index (Phi) is 1.67. The van der Waals surface area contributed by atoms with E-state index in [1.807, 2.05) is 0 Å². The Morgan fingerprint density at radius 1 is 1.58 bits per heavy atom. The molecule has 2 rings (SSSR count). The minimum Gasteiger partial charge on any atom is -0.397 e. The smallest absolute Gasteiger partial charge is 0.170 e. The molecule has 62 valence electrons. The lowest BCUT2D eigenvalue weighted by molar-refractivity contribution is 0.281. The van der Waals surface area contributed by atoms with Gasteiger partial charge in [-0.25, -0.2) is 9.97 Å². The summed E-state index contributed by atoms with van der Waals surface area (Å²) in [5.41, 5.74) is 6.80. The number of pyridine rings is 1. The fourth-order valence-electron chi connectivity index (χ4n) is 0.947. The van der Waals surface area contributed by atoms with Gasteiger partial charge >= 0.3 is 0 Å². The number of thiazole rings is 1. The summed E-state index contributed by atoms with van der Waals surface area (Å²) in [6.45, 7) is -0.0407. The van der Waals surface area contributed by atoms with E-state index in [2.05, 4.69) is 9.97 Å². The highest BCUT2D eigenvalue weighted by molar-refractivity contribution is 7.18. The summed E-state index contributed by atoms with van der Waals surface area (Å²) < 4.78 is 0.916. The van der Waals surface area contributed by atoms with Crippen molar-refractivity contribution in [2.45, 2.75) is 6.61 Å². The highest BCUT2D eigenvalue weighted by Crippen LogP contribution is 2.21. The van der Waals surface area contributed by atoms with Gasteiger partial charge in [0.1, 0.15) is 5.01 Å². The number of fused-ring (bicyclic) bond motifs is 1. The Labute approximate surface area is 72.7 Å². The maximum Gasteiger partial charge on any atom is 0.170 e. The summed E-state index contributed by atoms with van der Waals surface area (Å²) in [7, 11) is 0. The fraction of sp³-hybridized carbons (Fsp3) is 0.143. The molecule has 0 aliphatic heterocycles. The van der Waals surface area contributed by atoms with Crippen LogP contribution >= 0.6 is 11.3 Å². The summed E-state index contributed by atoms with van der Waals surface area (Å²) in [4.78, 5) is 8.09. The molecule has 0 bridgehead atoms. The normalized spacial score (nSPS) is 10.8. The molecule has 0 amide bonds. The zero-order valence-electron chi connectivity index (χ0n) is 6.19. The van der Waals surface area contributed by atoms with E-state index < -0.39 is 0 Å². The monoisotopic (exact) mass is 181 g/mol. The Hall–Kier alpha value is -1.20. The van der Waals surface area contributed by atoms with E-state index in [0.717, 1.165) is 4.70 Å². The Morgan fingerprint density at radius 3 is 3.17 bits per heavy atom. The molecule has 2 heterocycles. The predicted octanol–water partition coefficient (Wildman–Crippen LogP) is 0.766. The number of hydrogen-bond donors (Lipinski definition) is 2. The van der Waals surface area contributed by atoms with Gasteiger partial charge in [-0.2, -0.15) is 0 Å². The molecule has 0 spiro atoms. The van der Waals surface area contributed by atoms with Crippen LogP contribution in [0.25, 0.3) is 10.3 Å². The largest absolute Gasteiger partial charge is 0.397 e. The number of aliphatic hydroxyl groups excluding tert-OH is 1. The van der Waals surface area contributed by atoms with E-state index in [1.54, 1.807) is 12.3 Å². The number of hydrogen-bond acceptors (Lipinski definition) is 5. The van der Waals surface area contributed by atoms with Gasteiger partial charge < -0.3 is 10.8 Å². The van der Waals surface area contributed by atoms with Gasteiger partial charge in [0.15, 0.2) is 5.65 Å². The molecule has 0 saturated heterocycles. The molecule has 4 nitrogen and oxygen atoms in total. The van der Waals surface area contributed by atoms with E-state index in [9.17, 15) is 0 Å². The van der Waals surface area contributed by atoms with Crippen LogP contribution in [0.2, 0.25) is 0 Å². The number of nitrogen functional groups attached to an aromatic ring is 1. The van der Waals surface area contributed by atoms with Crippen molar-refractivity contribution in [3.05, 3.63) is 17.3 Å². The van der Waals surface area contributed by atoms with Gasteiger partial charge in [-0.3, -0.25) is 0 Å². The fourth-order valence-corrected chi connectivity index (χ4v) is 1.78. The van der Waals surface area contributed by atoms with Crippen LogP contribution in [0.4, 0.5) is 5.69 Å². The van der Waals surface area contributed by atoms with Crippen molar-refractivity contribution < 1.29 is 5.11 Å². The third kappa shape index (κ3) is 1.13. The second kappa shape index (κ2) is 2.69. The van der Waals surface area contributed by atoms with E-state index >= 15 is 0 Å². The summed E-state index contributed by atoms with van der Waals surface area (Å²) >= 11 is 1.41. The first kappa shape index (κ1) is 7.45. The molecule has 3 N–H and O–H groups in total. The molecular weight excluding hydrogens is 174 g/mol. The van der Waals surface area contributed by atoms with Gasteiger partial charge in [0.25, 0.3) is 0 Å². The van der Waals surface area contributed by atoms with Crippen LogP contribution in [0.5, 0.6) is 0 Å². The number of rotatable bonds is 1. The average molecular weight is 181 g/mol. The third-order valence-electron chi connectivity index (χ3n) is 1.45. The molecule has 0 radical (unpaired) electrons. The van der Waals surface area contributed by atoms with Crippen molar-refractivity contribution in [1.82, 2.24) is 9.97 Å². The lowest BCUT2D eigenvalue weighted by Gasteiger charge is -1.88. The first-order valence-corrected chi connectivity index (χ1v) is 4.23. The molecule has 0 aromatic carbocycles. The molecule has 5 heteroatoms. The van der Waals surface area contributed by atoms with Gasteiger partial charge in [-0.15, -0.1) is 11.3 Å². The lowest BCUT2D eigenvalue weighted by Crippen LogP contribution is -1.85.